The second-order valence-corrected chi connectivity index (χ2v) is 6.17. The third-order valence-electron chi connectivity index (χ3n) is 2.46. The highest BCUT2D eigenvalue weighted by molar-refractivity contribution is 7.16. The van der Waals surface area contributed by atoms with Crippen LogP contribution in [0, 0.1) is 0 Å². The molecule has 0 unspecified atom stereocenters. The Hall–Kier alpha value is -1.05. The fraction of sp³-hybridized carbons (Fsp3) is 0.727. The number of ether oxygens (including phenoxy) is 1. The minimum atomic E-state index is -0.0474. The predicted molar refractivity (Wildman–Crippen MR) is 70.9 cm³/mol. The van der Waals surface area contributed by atoms with Crippen molar-refractivity contribution in [3.63, 3.8) is 0 Å². The predicted octanol–water partition coefficient (Wildman–Crippen LogP) is 1.22. The SMILES string of the molecule is COCCNCc1nn2c(C(C)(C)C)nnc2s1. The molecule has 0 fully saturated rings. The van der Waals surface area contributed by atoms with Crippen LogP contribution in [-0.2, 0) is 16.7 Å². The summed E-state index contributed by atoms with van der Waals surface area (Å²) in [6, 6.07) is 0. The average molecular weight is 269 g/mol. The van der Waals surface area contributed by atoms with Gasteiger partial charge in [-0.1, -0.05) is 32.1 Å². The summed E-state index contributed by atoms with van der Waals surface area (Å²) in [5, 5.41) is 17.2. The van der Waals surface area contributed by atoms with Crippen molar-refractivity contribution < 1.29 is 4.74 Å². The summed E-state index contributed by atoms with van der Waals surface area (Å²) >= 11 is 1.57. The van der Waals surface area contributed by atoms with Crippen molar-refractivity contribution in [3.05, 3.63) is 10.8 Å². The van der Waals surface area contributed by atoms with Crippen molar-refractivity contribution >= 4 is 16.3 Å². The second kappa shape index (κ2) is 5.29. The minimum absolute atomic E-state index is 0.0474. The van der Waals surface area contributed by atoms with Gasteiger partial charge in [-0.05, 0) is 0 Å². The molecule has 0 bridgehead atoms. The molecule has 2 aromatic rings. The first-order valence-electron chi connectivity index (χ1n) is 5.93. The van der Waals surface area contributed by atoms with Gasteiger partial charge >= 0.3 is 0 Å². The Morgan fingerprint density at radius 2 is 2.11 bits per heavy atom. The van der Waals surface area contributed by atoms with E-state index in [1.807, 2.05) is 4.52 Å². The van der Waals surface area contributed by atoms with Gasteiger partial charge in [0.15, 0.2) is 5.82 Å². The summed E-state index contributed by atoms with van der Waals surface area (Å²) in [4.78, 5) is 0.850. The number of hydrogen-bond donors (Lipinski definition) is 1. The lowest BCUT2D eigenvalue weighted by Crippen LogP contribution is -2.19. The van der Waals surface area contributed by atoms with Gasteiger partial charge in [0.05, 0.1) is 6.61 Å². The van der Waals surface area contributed by atoms with Gasteiger partial charge in [-0.3, -0.25) is 0 Å². The van der Waals surface area contributed by atoms with Crippen molar-refractivity contribution in [1.29, 1.82) is 0 Å². The van der Waals surface area contributed by atoms with Crippen molar-refractivity contribution in [3.8, 4) is 0 Å². The molecule has 0 saturated carbocycles. The zero-order valence-electron chi connectivity index (χ0n) is 11.2. The van der Waals surface area contributed by atoms with E-state index in [0.717, 1.165) is 28.9 Å². The number of nitrogens with zero attached hydrogens (tertiary/aromatic N) is 4. The van der Waals surface area contributed by atoms with E-state index in [0.29, 0.717) is 6.61 Å². The highest BCUT2D eigenvalue weighted by atomic mass is 32.1. The Labute approximate surface area is 110 Å². The van der Waals surface area contributed by atoms with Crippen molar-refractivity contribution in [2.45, 2.75) is 32.7 Å². The van der Waals surface area contributed by atoms with Crippen LogP contribution in [0.2, 0.25) is 0 Å². The zero-order valence-corrected chi connectivity index (χ0v) is 12.0. The smallest absolute Gasteiger partial charge is 0.234 e. The van der Waals surface area contributed by atoms with Gasteiger partial charge in [0, 0.05) is 25.6 Å². The van der Waals surface area contributed by atoms with Gasteiger partial charge in [0.1, 0.15) is 5.01 Å². The van der Waals surface area contributed by atoms with Crippen LogP contribution in [0.3, 0.4) is 0 Å². The Morgan fingerprint density at radius 1 is 1.33 bits per heavy atom. The highest BCUT2D eigenvalue weighted by Gasteiger charge is 2.23. The van der Waals surface area contributed by atoms with Crippen LogP contribution in [-0.4, -0.2) is 40.1 Å². The molecule has 0 spiro atoms. The lowest BCUT2D eigenvalue weighted by atomic mass is 9.96. The number of methoxy groups -OCH3 is 1. The molecule has 0 saturated heterocycles. The van der Waals surface area contributed by atoms with E-state index >= 15 is 0 Å². The first-order valence-corrected chi connectivity index (χ1v) is 6.75. The molecule has 6 nitrogen and oxygen atoms in total. The van der Waals surface area contributed by atoms with Crippen LogP contribution in [0.5, 0.6) is 0 Å². The Morgan fingerprint density at radius 3 is 2.78 bits per heavy atom. The second-order valence-electron chi connectivity index (χ2n) is 5.13. The molecular weight excluding hydrogens is 250 g/mol. The summed E-state index contributed by atoms with van der Waals surface area (Å²) in [5.74, 6) is 0.900. The maximum absolute atomic E-state index is 4.98. The Kier molecular flexibility index (Phi) is 3.94. The van der Waals surface area contributed by atoms with E-state index in [1.54, 1.807) is 18.4 Å². The third-order valence-corrected chi connectivity index (χ3v) is 3.36. The van der Waals surface area contributed by atoms with Gasteiger partial charge in [-0.2, -0.15) is 9.61 Å². The molecule has 0 aliphatic rings. The lowest BCUT2D eigenvalue weighted by Gasteiger charge is -2.13. The van der Waals surface area contributed by atoms with Crippen LogP contribution in [0.25, 0.3) is 4.96 Å². The maximum atomic E-state index is 4.98. The molecule has 0 atom stereocenters. The van der Waals surface area contributed by atoms with Gasteiger partial charge in [0.2, 0.25) is 4.96 Å². The fourth-order valence-corrected chi connectivity index (χ4v) is 2.37. The average Bonchev–Trinajstić information content (AvgIpc) is 2.81. The van der Waals surface area contributed by atoms with Crippen molar-refractivity contribution in [1.82, 2.24) is 25.1 Å². The first-order chi connectivity index (χ1) is 8.52. The summed E-state index contributed by atoms with van der Waals surface area (Å²) in [6.07, 6.45) is 0. The molecule has 0 aliphatic carbocycles. The Balaban J connectivity index is 2.11. The monoisotopic (exact) mass is 269 g/mol. The van der Waals surface area contributed by atoms with E-state index in [-0.39, 0.29) is 5.41 Å². The molecule has 0 aromatic carbocycles. The van der Waals surface area contributed by atoms with Crippen LogP contribution in [0.1, 0.15) is 31.6 Å². The van der Waals surface area contributed by atoms with Crippen molar-refractivity contribution in [2.75, 3.05) is 20.3 Å². The van der Waals surface area contributed by atoms with E-state index in [4.69, 9.17) is 4.74 Å². The fourth-order valence-electron chi connectivity index (χ4n) is 1.57. The molecule has 100 valence electrons. The van der Waals surface area contributed by atoms with E-state index in [1.165, 1.54) is 0 Å². The van der Waals surface area contributed by atoms with Gasteiger partial charge in [0.25, 0.3) is 0 Å². The highest BCUT2D eigenvalue weighted by Crippen LogP contribution is 2.23. The summed E-state index contributed by atoms with van der Waals surface area (Å²) in [6.45, 7) is 8.60. The molecule has 7 heteroatoms. The Bertz CT molecular complexity index is 513. The van der Waals surface area contributed by atoms with Gasteiger partial charge < -0.3 is 10.1 Å². The number of nitrogens with one attached hydrogen (secondary N) is 1. The van der Waals surface area contributed by atoms with Gasteiger partial charge in [-0.25, -0.2) is 0 Å². The van der Waals surface area contributed by atoms with Gasteiger partial charge in [-0.15, -0.1) is 10.2 Å². The number of aromatic nitrogens is 4. The summed E-state index contributed by atoms with van der Waals surface area (Å²) < 4.78 is 6.83. The molecule has 18 heavy (non-hydrogen) atoms. The van der Waals surface area contributed by atoms with Crippen LogP contribution in [0.4, 0.5) is 0 Å². The van der Waals surface area contributed by atoms with E-state index in [9.17, 15) is 0 Å². The largest absolute Gasteiger partial charge is 0.383 e. The van der Waals surface area contributed by atoms with Crippen LogP contribution >= 0.6 is 11.3 Å². The topological polar surface area (TPSA) is 64.3 Å². The number of rotatable bonds is 5. The molecule has 2 aromatic heterocycles. The normalized spacial score (nSPS) is 12.4. The standard InChI is InChI=1S/C11H19N5OS/c1-11(2,3)9-13-14-10-16(9)15-8(18-10)7-12-5-6-17-4/h12H,5-7H2,1-4H3. The molecule has 2 rings (SSSR count). The van der Waals surface area contributed by atoms with E-state index in [2.05, 4.69) is 41.4 Å². The first kappa shape index (κ1) is 13.4. The quantitative estimate of drug-likeness (QED) is 0.827. The molecule has 2 heterocycles. The summed E-state index contributed by atoms with van der Waals surface area (Å²) in [7, 11) is 1.69. The maximum Gasteiger partial charge on any atom is 0.234 e. The number of fused-ring (bicyclic) bond motifs is 1. The molecule has 0 amide bonds. The lowest BCUT2D eigenvalue weighted by molar-refractivity contribution is 0.199. The molecule has 0 aliphatic heterocycles. The van der Waals surface area contributed by atoms with Crippen LogP contribution in [0.15, 0.2) is 0 Å². The van der Waals surface area contributed by atoms with Crippen LogP contribution < -0.4 is 5.32 Å². The third kappa shape index (κ3) is 2.85. The van der Waals surface area contributed by atoms with E-state index < -0.39 is 0 Å². The summed E-state index contributed by atoms with van der Waals surface area (Å²) in [5.41, 5.74) is -0.0474. The van der Waals surface area contributed by atoms with Crippen molar-refractivity contribution in [2.24, 2.45) is 0 Å². The molecule has 1 N–H and O–H groups in total. The molecule has 0 radical (unpaired) electrons. The molecular formula is C11H19N5OS. The minimum Gasteiger partial charge on any atom is -0.383 e. The number of hydrogen-bond acceptors (Lipinski definition) is 6. The zero-order chi connectivity index (χ0) is 13.2.